The number of ether oxygens (including phenoxy) is 7. The molecule has 0 radical (unpaired) electrons. The zero-order valence-electron chi connectivity index (χ0n) is 32.5. The summed E-state index contributed by atoms with van der Waals surface area (Å²) in [4.78, 5) is 84.0. The first-order valence-corrected chi connectivity index (χ1v) is 18.6. The lowest BCUT2D eigenvalue weighted by Gasteiger charge is -2.73. The molecule has 0 amide bonds. The molecule has 1 saturated heterocycles. The maximum absolute atomic E-state index is 13.6. The SMILES string of the molecule is C=C1CC2(O)C3CCC4(C)C(C(OC(C)=O)C(OC(C)=O)C5([C@@H](C)OC(C)=O)COC(=O)C=CC45)C3(C)C(OC(C)=O)C(OC(C)=O)C23C2(OC12)[C@@]3(C)OO. The highest BCUT2D eigenvalue weighted by atomic mass is 17.1. The summed E-state index contributed by atoms with van der Waals surface area (Å²) in [5.41, 5.74) is -10.4. The second-order valence-electron chi connectivity index (χ2n) is 17.3. The fourth-order valence-electron chi connectivity index (χ4n) is 13.7. The van der Waals surface area contributed by atoms with E-state index in [0.29, 0.717) is 5.57 Å². The van der Waals surface area contributed by atoms with Crippen molar-refractivity contribution in [3.63, 3.8) is 0 Å². The van der Waals surface area contributed by atoms with Crippen LogP contribution in [0, 0.1) is 39.4 Å². The zero-order chi connectivity index (χ0) is 40.6. The van der Waals surface area contributed by atoms with E-state index in [9.17, 15) is 39.1 Å². The van der Waals surface area contributed by atoms with Crippen molar-refractivity contribution in [3.05, 3.63) is 24.3 Å². The van der Waals surface area contributed by atoms with Crippen LogP contribution in [-0.2, 0) is 66.8 Å². The predicted molar refractivity (Wildman–Crippen MR) is 183 cm³/mol. The Bertz CT molecular complexity index is 1810. The molecule has 14 unspecified atom stereocenters. The van der Waals surface area contributed by atoms with Gasteiger partial charge in [0, 0.05) is 58.4 Å². The number of fused-ring (bicyclic) bond motifs is 6. The van der Waals surface area contributed by atoms with Gasteiger partial charge in [0.2, 0.25) is 0 Å². The van der Waals surface area contributed by atoms with Gasteiger partial charge in [0.05, 0.1) is 11.0 Å². The minimum atomic E-state index is -1.93. The Morgan fingerprint density at radius 3 is 2.04 bits per heavy atom. The first-order valence-electron chi connectivity index (χ1n) is 18.6. The highest BCUT2D eigenvalue weighted by Crippen LogP contribution is 2.92. The van der Waals surface area contributed by atoms with Crippen LogP contribution in [0.3, 0.4) is 0 Å². The second-order valence-corrected chi connectivity index (χ2v) is 17.3. The maximum Gasteiger partial charge on any atom is 0.330 e. The van der Waals surface area contributed by atoms with Gasteiger partial charge in [-0.1, -0.05) is 26.5 Å². The van der Waals surface area contributed by atoms with Gasteiger partial charge in [-0.05, 0) is 49.5 Å². The molecule has 2 heterocycles. The number of aliphatic hydroxyl groups is 1. The Morgan fingerprint density at radius 1 is 0.891 bits per heavy atom. The van der Waals surface area contributed by atoms with Gasteiger partial charge in [0.25, 0.3) is 0 Å². The van der Waals surface area contributed by atoms with Gasteiger partial charge < -0.3 is 38.3 Å². The maximum atomic E-state index is 13.6. The molecular weight excluding hydrogens is 724 g/mol. The molecule has 6 fully saturated rings. The van der Waals surface area contributed by atoms with E-state index in [1.807, 2.05) is 6.92 Å². The van der Waals surface area contributed by atoms with Crippen LogP contribution in [0.4, 0.5) is 0 Å². The number of hydrogen-bond acceptors (Lipinski definition) is 16. The van der Waals surface area contributed by atoms with E-state index in [1.54, 1.807) is 26.8 Å². The molecule has 16 atom stereocenters. The molecule has 7 rings (SSSR count). The van der Waals surface area contributed by atoms with E-state index >= 15 is 0 Å². The van der Waals surface area contributed by atoms with Crippen LogP contribution in [0.25, 0.3) is 0 Å². The van der Waals surface area contributed by atoms with Crippen molar-refractivity contribution in [2.24, 2.45) is 39.4 Å². The quantitative estimate of drug-likeness (QED) is 0.0948. The third-order valence-corrected chi connectivity index (χ3v) is 14.9. The van der Waals surface area contributed by atoms with E-state index in [-0.39, 0.29) is 19.3 Å². The number of epoxide rings is 1. The van der Waals surface area contributed by atoms with Crippen LogP contribution >= 0.6 is 0 Å². The lowest BCUT2D eigenvalue weighted by atomic mass is 9.33. The molecule has 5 aliphatic carbocycles. The van der Waals surface area contributed by atoms with Crippen molar-refractivity contribution < 1.29 is 77.2 Å². The first kappa shape index (κ1) is 39.4. The largest absolute Gasteiger partial charge is 0.462 e. The average Bonchev–Trinajstić information content (AvgIpc) is 3.94. The van der Waals surface area contributed by atoms with Crippen molar-refractivity contribution in [3.8, 4) is 0 Å². The molecule has 2 aliphatic heterocycles. The Labute approximate surface area is 318 Å². The number of allylic oxidation sites excluding steroid dienone is 1. The molecule has 0 bridgehead atoms. The first-order chi connectivity index (χ1) is 25.5. The zero-order valence-corrected chi connectivity index (χ0v) is 32.5. The molecule has 2 spiro atoms. The minimum Gasteiger partial charge on any atom is -0.462 e. The number of carbonyl (C=O) groups excluding carboxylic acids is 6. The number of cyclic esters (lactones) is 1. The Kier molecular flexibility index (Phi) is 8.64. The number of carbonyl (C=O) groups is 6. The lowest BCUT2D eigenvalue weighted by Crippen LogP contribution is -2.81. The fraction of sp³-hybridized carbons (Fsp3) is 0.744. The molecule has 302 valence electrons. The van der Waals surface area contributed by atoms with E-state index in [4.69, 9.17) is 38.0 Å². The summed E-state index contributed by atoms with van der Waals surface area (Å²) in [7, 11) is 0. The summed E-state index contributed by atoms with van der Waals surface area (Å²) < 4.78 is 42.8. The van der Waals surface area contributed by atoms with Gasteiger partial charge in [0.1, 0.15) is 47.6 Å². The average molecular weight is 775 g/mol. The lowest BCUT2D eigenvalue weighted by molar-refractivity contribution is -0.362. The van der Waals surface area contributed by atoms with Crippen molar-refractivity contribution in [1.29, 1.82) is 0 Å². The third kappa shape index (κ3) is 4.53. The summed E-state index contributed by atoms with van der Waals surface area (Å²) >= 11 is 0. The topological polar surface area (TPSA) is 220 Å². The summed E-state index contributed by atoms with van der Waals surface area (Å²) in [6.07, 6.45) is -4.40. The monoisotopic (exact) mass is 774 g/mol. The summed E-state index contributed by atoms with van der Waals surface area (Å²) in [6.45, 7) is 16.5. The summed E-state index contributed by atoms with van der Waals surface area (Å²) in [6, 6.07) is 0. The Morgan fingerprint density at radius 2 is 1.47 bits per heavy atom. The molecule has 0 aromatic carbocycles. The molecule has 16 heteroatoms. The van der Waals surface area contributed by atoms with Crippen molar-refractivity contribution in [1.82, 2.24) is 0 Å². The Balaban J connectivity index is 1.56. The van der Waals surface area contributed by atoms with E-state index < -0.39 is 135 Å². The van der Waals surface area contributed by atoms with Crippen LogP contribution in [0.5, 0.6) is 0 Å². The van der Waals surface area contributed by atoms with Crippen molar-refractivity contribution in [2.75, 3.05) is 6.61 Å². The minimum absolute atomic E-state index is 0.0860. The number of rotatable bonds is 7. The van der Waals surface area contributed by atoms with Crippen molar-refractivity contribution >= 4 is 35.8 Å². The van der Waals surface area contributed by atoms with Crippen LogP contribution in [0.15, 0.2) is 24.3 Å². The molecule has 0 aromatic rings. The standard InChI is InChI=1S/C39H50O16/c1-17-15-37(46)25-13-14-33(8)24-11-12-26(45)48-16-36(24,18(2)49-19(3)40)30(51-21(5)42)27(50-20(4)41)28(33)34(25,9)31(52-22(6)43)32(53-23(7)44)38(37)35(10,55-47)39(38)29(17)54-39/h11-12,18,24-25,27-32,46-47H,1,13-16H2,2-10H3/t18-,24?,25?,27?,28?,29?,30?,31?,32?,33?,34?,35+,36?,37?,38?,39?/m1/s1. The van der Waals surface area contributed by atoms with Gasteiger partial charge in [-0.2, -0.15) is 0 Å². The number of hydrogen-bond donors (Lipinski definition) is 2. The molecular formula is C39H50O16. The molecule has 2 N–H and O–H groups in total. The molecule has 0 aromatic heterocycles. The van der Waals surface area contributed by atoms with Crippen LogP contribution < -0.4 is 0 Å². The highest BCUT2D eigenvalue weighted by Gasteiger charge is 3.09. The van der Waals surface area contributed by atoms with Crippen LogP contribution in [0.1, 0.15) is 81.6 Å². The van der Waals surface area contributed by atoms with Crippen molar-refractivity contribution in [2.45, 2.75) is 135 Å². The van der Waals surface area contributed by atoms with Gasteiger partial charge in [-0.15, -0.1) is 0 Å². The molecule has 55 heavy (non-hydrogen) atoms. The van der Waals surface area contributed by atoms with Gasteiger partial charge in [-0.3, -0.25) is 29.2 Å². The van der Waals surface area contributed by atoms with Gasteiger partial charge >= 0.3 is 35.8 Å². The normalized spacial score (nSPS) is 48.9. The molecule has 16 nitrogen and oxygen atoms in total. The van der Waals surface area contributed by atoms with E-state index in [2.05, 4.69) is 6.58 Å². The van der Waals surface area contributed by atoms with E-state index in [0.717, 1.165) is 13.8 Å². The van der Waals surface area contributed by atoms with E-state index in [1.165, 1.54) is 26.8 Å². The smallest absolute Gasteiger partial charge is 0.330 e. The van der Waals surface area contributed by atoms with Crippen LogP contribution in [-0.4, -0.2) is 106 Å². The Hall–Kier alpha value is -3.86. The number of esters is 6. The van der Waals surface area contributed by atoms with Gasteiger partial charge in [0.15, 0.2) is 12.2 Å². The molecule has 7 aliphatic rings. The fourth-order valence-corrected chi connectivity index (χ4v) is 13.7. The predicted octanol–water partition coefficient (Wildman–Crippen LogP) is 2.52. The third-order valence-electron chi connectivity index (χ3n) is 14.9. The summed E-state index contributed by atoms with van der Waals surface area (Å²) in [5, 5.41) is 24.3. The second kappa shape index (κ2) is 12.1. The summed E-state index contributed by atoms with van der Waals surface area (Å²) in [5.74, 6) is -7.28. The molecule has 5 saturated carbocycles. The highest BCUT2D eigenvalue weighted by molar-refractivity contribution is 5.82. The van der Waals surface area contributed by atoms with Gasteiger partial charge in [-0.25, -0.2) is 9.68 Å². The van der Waals surface area contributed by atoms with Crippen LogP contribution in [0.2, 0.25) is 0 Å².